The number of hydrogen-bond donors (Lipinski definition) is 1. The van der Waals surface area contributed by atoms with Crippen LogP contribution in [0, 0.1) is 0 Å². The maximum absolute atomic E-state index is 12.2. The average Bonchev–Trinajstić information content (AvgIpc) is 2.56. The molecule has 0 aliphatic heterocycles. The van der Waals surface area contributed by atoms with Gasteiger partial charge in [-0.05, 0) is 36.8 Å². The third-order valence-corrected chi connectivity index (χ3v) is 3.27. The molecule has 1 N–H and O–H groups in total. The number of hydrogen-bond acceptors (Lipinski definition) is 4. The van der Waals surface area contributed by atoms with Gasteiger partial charge in [0.25, 0.3) is 5.91 Å². The molecular weight excluding hydrogens is 294 g/mol. The summed E-state index contributed by atoms with van der Waals surface area (Å²) in [5.41, 5.74) is 0.492. The normalized spacial score (nSPS) is 10.1. The molecule has 0 saturated heterocycles. The molecule has 120 valence electrons. The highest BCUT2D eigenvalue weighted by molar-refractivity contribution is 6.10. The molecule has 0 bridgehead atoms. The molecule has 0 aromatic heterocycles. The molecule has 1 amide bonds. The minimum Gasteiger partial charge on any atom is -0.545 e. The number of carbonyl (C=O) groups excluding carboxylic acids is 2. The minimum absolute atomic E-state index is 0.0655. The molecular formula is C18H18NO4-. The number of rotatable bonds is 7. The Bertz CT molecular complexity index is 680. The number of aromatic carboxylic acids is 1. The number of carboxylic acid groups (broad SMARTS) is 1. The van der Waals surface area contributed by atoms with Crippen LogP contribution in [0.1, 0.15) is 40.5 Å². The third kappa shape index (κ3) is 4.57. The molecule has 0 radical (unpaired) electrons. The Kier molecular flexibility index (Phi) is 5.74. The fourth-order valence-corrected chi connectivity index (χ4v) is 2.03. The van der Waals surface area contributed by atoms with Crippen molar-refractivity contribution in [2.24, 2.45) is 0 Å². The van der Waals surface area contributed by atoms with Gasteiger partial charge < -0.3 is 20.0 Å². The summed E-state index contributed by atoms with van der Waals surface area (Å²) in [6, 6.07) is 12.9. The van der Waals surface area contributed by atoms with Crippen LogP contribution in [-0.4, -0.2) is 18.5 Å². The van der Waals surface area contributed by atoms with Gasteiger partial charge in [-0.25, -0.2) is 0 Å². The Morgan fingerprint density at radius 1 is 1.04 bits per heavy atom. The standard InChI is InChI=1S/C18H19NO4/c1-2-3-12-23-14-10-8-13(9-11-14)19-17(20)15-6-4-5-7-16(15)18(21)22/h4-11H,2-3,12H2,1H3,(H,19,20)(H,21,22)/p-1. The van der Waals surface area contributed by atoms with E-state index >= 15 is 0 Å². The first kappa shape index (κ1) is 16.5. The maximum Gasteiger partial charge on any atom is 0.256 e. The van der Waals surface area contributed by atoms with E-state index < -0.39 is 11.9 Å². The average molecular weight is 312 g/mol. The van der Waals surface area contributed by atoms with Crippen molar-refractivity contribution in [2.45, 2.75) is 19.8 Å². The molecule has 23 heavy (non-hydrogen) atoms. The summed E-state index contributed by atoms with van der Waals surface area (Å²) < 4.78 is 5.54. The van der Waals surface area contributed by atoms with Crippen molar-refractivity contribution >= 4 is 17.6 Å². The van der Waals surface area contributed by atoms with Gasteiger partial charge in [-0.15, -0.1) is 0 Å². The van der Waals surface area contributed by atoms with Crippen molar-refractivity contribution in [3.8, 4) is 5.75 Å². The van der Waals surface area contributed by atoms with E-state index in [1.165, 1.54) is 12.1 Å². The minimum atomic E-state index is -1.38. The summed E-state index contributed by atoms with van der Waals surface area (Å²) in [4.78, 5) is 23.2. The van der Waals surface area contributed by atoms with Crippen LogP contribution in [0.3, 0.4) is 0 Å². The summed E-state index contributed by atoms with van der Waals surface area (Å²) in [7, 11) is 0. The maximum atomic E-state index is 12.2. The first-order valence-electron chi connectivity index (χ1n) is 7.46. The van der Waals surface area contributed by atoms with Crippen LogP contribution in [0.2, 0.25) is 0 Å². The number of carboxylic acids is 1. The topological polar surface area (TPSA) is 78.5 Å². The number of ether oxygens (including phenoxy) is 1. The van der Waals surface area contributed by atoms with E-state index in [1.807, 2.05) is 0 Å². The lowest BCUT2D eigenvalue weighted by Gasteiger charge is -2.11. The first-order valence-corrected chi connectivity index (χ1v) is 7.46. The number of amides is 1. The lowest BCUT2D eigenvalue weighted by atomic mass is 10.1. The number of carbonyl (C=O) groups is 2. The largest absolute Gasteiger partial charge is 0.545 e. The highest BCUT2D eigenvalue weighted by Crippen LogP contribution is 2.17. The van der Waals surface area contributed by atoms with Crippen LogP contribution >= 0.6 is 0 Å². The highest BCUT2D eigenvalue weighted by atomic mass is 16.5. The van der Waals surface area contributed by atoms with Gasteiger partial charge >= 0.3 is 0 Å². The second-order valence-electron chi connectivity index (χ2n) is 5.01. The van der Waals surface area contributed by atoms with E-state index in [1.54, 1.807) is 36.4 Å². The van der Waals surface area contributed by atoms with Gasteiger partial charge in [-0.1, -0.05) is 31.5 Å². The fraction of sp³-hybridized carbons (Fsp3) is 0.222. The second-order valence-corrected chi connectivity index (χ2v) is 5.01. The molecule has 5 heteroatoms. The smallest absolute Gasteiger partial charge is 0.256 e. The molecule has 2 aromatic carbocycles. The number of anilines is 1. The number of benzene rings is 2. The number of unbranched alkanes of at least 4 members (excludes halogenated alkanes) is 1. The lowest BCUT2D eigenvalue weighted by Crippen LogP contribution is -2.26. The molecule has 0 atom stereocenters. The Balaban J connectivity index is 2.05. The third-order valence-electron chi connectivity index (χ3n) is 3.27. The van der Waals surface area contributed by atoms with Crippen molar-refractivity contribution in [3.63, 3.8) is 0 Å². The van der Waals surface area contributed by atoms with Crippen molar-refractivity contribution < 1.29 is 19.4 Å². The van der Waals surface area contributed by atoms with Gasteiger partial charge in [0, 0.05) is 16.8 Å². The van der Waals surface area contributed by atoms with E-state index in [-0.39, 0.29) is 11.1 Å². The summed E-state index contributed by atoms with van der Waals surface area (Å²) in [5, 5.41) is 13.7. The summed E-state index contributed by atoms with van der Waals surface area (Å²) in [5.74, 6) is -1.15. The van der Waals surface area contributed by atoms with Crippen LogP contribution < -0.4 is 15.2 Å². The fourth-order valence-electron chi connectivity index (χ4n) is 2.03. The molecule has 0 saturated carbocycles. The molecule has 0 aliphatic rings. The van der Waals surface area contributed by atoms with E-state index in [9.17, 15) is 14.7 Å². The quantitative estimate of drug-likeness (QED) is 0.797. The molecule has 0 spiro atoms. The van der Waals surface area contributed by atoms with Crippen LogP contribution in [0.5, 0.6) is 5.75 Å². The van der Waals surface area contributed by atoms with Crippen LogP contribution in [0.4, 0.5) is 5.69 Å². The van der Waals surface area contributed by atoms with E-state index in [4.69, 9.17) is 4.74 Å². The highest BCUT2D eigenvalue weighted by Gasteiger charge is 2.11. The van der Waals surface area contributed by atoms with Crippen molar-refractivity contribution in [3.05, 3.63) is 59.7 Å². The lowest BCUT2D eigenvalue weighted by molar-refractivity contribution is -0.255. The summed E-state index contributed by atoms with van der Waals surface area (Å²) in [6.45, 7) is 2.74. The Morgan fingerprint density at radius 2 is 1.70 bits per heavy atom. The zero-order valence-corrected chi connectivity index (χ0v) is 12.9. The SMILES string of the molecule is CCCCOc1ccc(NC(=O)c2ccccc2C(=O)[O-])cc1. The zero-order valence-electron chi connectivity index (χ0n) is 12.9. The Morgan fingerprint density at radius 3 is 2.30 bits per heavy atom. The van der Waals surface area contributed by atoms with Crippen molar-refractivity contribution in [2.75, 3.05) is 11.9 Å². The van der Waals surface area contributed by atoms with Gasteiger partial charge in [0.05, 0.1) is 12.6 Å². The van der Waals surface area contributed by atoms with Crippen LogP contribution in [0.25, 0.3) is 0 Å². The zero-order chi connectivity index (χ0) is 16.7. The molecule has 5 nitrogen and oxygen atoms in total. The Labute approximate surface area is 134 Å². The predicted molar refractivity (Wildman–Crippen MR) is 85.6 cm³/mol. The molecule has 0 unspecified atom stereocenters. The van der Waals surface area contributed by atoms with Gasteiger partial charge in [0.15, 0.2) is 0 Å². The van der Waals surface area contributed by atoms with Crippen molar-refractivity contribution in [1.29, 1.82) is 0 Å². The van der Waals surface area contributed by atoms with Gasteiger partial charge in [-0.3, -0.25) is 4.79 Å². The number of nitrogens with one attached hydrogen (secondary N) is 1. The first-order chi connectivity index (χ1) is 11.1. The van der Waals surface area contributed by atoms with Gasteiger partial charge in [-0.2, -0.15) is 0 Å². The molecule has 2 aromatic rings. The van der Waals surface area contributed by atoms with E-state index in [2.05, 4.69) is 12.2 Å². The van der Waals surface area contributed by atoms with Gasteiger partial charge in [0.1, 0.15) is 5.75 Å². The molecule has 2 rings (SSSR count). The van der Waals surface area contributed by atoms with E-state index in [0.717, 1.165) is 18.6 Å². The van der Waals surface area contributed by atoms with Crippen molar-refractivity contribution in [1.82, 2.24) is 0 Å². The summed E-state index contributed by atoms with van der Waals surface area (Å²) in [6.07, 6.45) is 2.05. The molecule has 0 fully saturated rings. The van der Waals surface area contributed by atoms with Gasteiger partial charge in [0.2, 0.25) is 0 Å². The van der Waals surface area contributed by atoms with Crippen LogP contribution in [-0.2, 0) is 0 Å². The Hall–Kier alpha value is -2.82. The van der Waals surface area contributed by atoms with E-state index in [0.29, 0.717) is 12.3 Å². The predicted octanol–water partition coefficient (Wildman–Crippen LogP) is 2.48. The monoisotopic (exact) mass is 312 g/mol. The second kappa shape index (κ2) is 7.98. The summed E-state index contributed by atoms with van der Waals surface area (Å²) >= 11 is 0. The molecule has 0 aliphatic carbocycles. The molecule has 0 heterocycles. The van der Waals surface area contributed by atoms with Crippen LogP contribution in [0.15, 0.2) is 48.5 Å².